The van der Waals surface area contributed by atoms with E-state index in [1.807, 2.05) is 66.9 Å². The van der Waals surface area contributed by atoms with Crippen molar-refractivity contribution in [3.05, 3.63) is 78.6 Å². The summed E-state index contributed by atoms with van der Waals surface area (Å²) in [5.41, 5.74) is 1.91. The first-order valence-electron chi connectivity index (χ1n) is 7.99. The molecule has 3 aromatic rings. The number of carbonyl (C=O) groups is 1. The molecule has 0 radical (unpaired) electrons. The summed E-state index contributed by atoms with van der Waals surface area (Å²) in [5, 5.41) is 6.82. The molecule has 0 aliphatic carbocycles. The first-order valence-corrected chi connectivity index (χ1v) is 7.99. The second-order valence-electron chi connectivity index (χ2n) is 5.28. The van der Waals surface area contributed by atoms with Gasteiger partial charge in [0.15, 0.2) is 0 Å². The van der Waals surface area contributed by atoms with E-state index in [1.54, 1.807) is 10.9 Å². The highest BCUT2D eigenvalue weighted by atomic mass is 16.5. The van der Waals surface area contributed by atoms with Crippen LogP contribution in [0.1, 0.15) is 5.56 Å². The average Bonchev–Trinajstić information content (AvgIpc) is 3.20. The van der Waals surface area contributed by atoms with Crippen molar-refractivity contribution in [2.45, 2.75) is 6.61 Å². The van der Waals surface area contributed by atoms with Crippen LogP contribution in [-0.4, -0.2) is 29.0 Å². The van der Waals surface area contributed by atoms with Crippen LogP contribution in [0.5, 0.6) is 5.75 Å². The fraction of sp³-hybridized carbons (Fsp3) is 0.158. The Morgan fingerprint density at radius 3 is 2.56 bits per heavy atom. The van der Waals surface area contributed by atoms with Crippen molar-refractivity contribution in [1.29, 1.82) is 0 Å². The van der Waals surface area contributed by atoms with Gasteiger partial charge in [-0.3, -0.25) is 0 Å². The molecule has 3 rings (SSSR count). The Bertz CT molecular complexity index is 771. The summed E-state index contributed by atoms with van der Waals surface area (Å²) < 4.78 is 12.5. The number of alkyl carbamates (subject to hydrolysis) is 1. The van der Waals surface area contributed by atoms with E-state index < -0.39 is 6.09 Å². The number of benzene rings is 2. The van der Waals surface area contributed by atoms with Crippen LogP contribution < -0.4 is 10.1 Å². The number of nitrogens with zero attached hydrogens (tertiary/aromatic N) is 2. The van der Waals surface area contributed by atoms with E-state index in [9.17, 15) is 4.79 Å². The van der Waals surface area contributed by atoms with Gasteiger partial charge >= 0.3 is 6.09 Å². The van der Waals surface area contributed by atoms with Crippen molar-refractivity contribution < 1.29 is 14.3 Å². The maximum Gasteiger partial charge on any atom is 0.407 e. The molecule has 6 heteroatoms. The second-order valence-corrected chi connectivity index (χ2v) is 5.28. The van der Waals surface area contributed by atoms with Crippen molar-refractivity contribution in [1.82, 2.24) is 15.1 Å². The van der Waals surface area contributed by atoms with Gasteiger partial charge in [-0.25, -0.2) is 9.48 Å². The predicted molar refractivity (Wildman–Crippen MR) is 93.7 cm³/mol. The molecule has 0 fully saturated rings. The molecule has 25 heavy (non-hydrogen) atoms. The van der Waals surface area contributed by atoms with Gasteiger partial charge in [0.25, 0.3) is 0 Å². The molecule has 0 unspecified atom stereocenters. The Morgan fingerprint density at radius 1 is 1.04 bits per heavy atom. The van der Waals surface area contributed by atoms with Crippen LogP contribution in [0.15, 0.2) is 73.1 Å². The van der Waals surface area contributed by atoms with E-state index in [2.05, 4.69) is 10.4 Å². The van der Waals surface area contributed by atoms with Crippen molar-refractivity contribution in [2.24, 2.45) is 0 Å². The highest BCUT2D eigenvalue weighted by Gasteiger charge is 2.02. The molecule has 0 spiro atoms. The molecule has 0 bridgehead atoms. The highest BCUT2D eigenvalue weighted by molar-refractivity contribution is 5.67. The summed E-state index contributed by atoms with van der Waals surface area (Å²) in [7, 11) is 0. The zero-order chi connectivity index (χ0) is 17.3. The van der Waals surface area contributed by atoms with Crippen LogP contribution in [0, 0.1) is 0 Å². The topological polar surface area (TPSA) is 65.4 Å². The SMILES string of the molecule is O=C(NCCOc1ccc(-n2cccn2)cc1)OCc1ccccc1. The summed E-state index contributed by atoms with van der Waals surface area (Å²) >= 11 is 0. The number of hydrogen-bond donors (Lipinski definition) is 1. The number of aromatic nitrogens is 2. The van der Waals surface area contributed by atoms with Crippen molar-refractivity contribution in [2.75, 3.05) is 13.2 Å². The standard InChI is InChI=1S/C19H19N3O3/c23-19(25-15-16-5-2-1-3-6-16)20-12-14-24-18-9-7-17(8-10-18)22-13-4-11-21-22/h1-11,13H,12,14-15H2,(H,20,23). The number of rotatable bonds is 7. The number of amides is 1. The van der Waals surface area contributed by atoms with Gasteiger partial charge in [-0.2, -0.15) is 5.10 Å². The molecular formula is C19H19N3O3. The predicted octanol–water partition coefficient (Wildman–Crippen LogP) is 3.18. The van der Waals surface area contributed by atoms with Gasteiger partial charge in [0.2, 0.25) is 0 Å². The van der Waals surface area contributed by atoms with Gasteiger partial charge in [0.1, 0.15) is 19.0 Å². The average molecular weight is 337 g/mol. The Morgan fingerprint density at radius 2 is 1.84 bits per heavy atom. The Kier molecular flexibility index (Phi) is 5.66. The van der Waals surface area contributed by atoms with E-state index in [0.29, 0.717) is 13.2 Å². The number of hydrogen-bond acceptors (Lipinski definition) is 4. The first-order chi connectivity index (χ1) is 12.3. The molecule has 0 atom stereocenters. The molecule has 0 aliphatic rings. The van der Waals surface area contributed by atoms with Gasteiger partial charge in [-0.1, -0.05) is 30.3 Å². The van der Waals surface area contributed by atoms with E-state index >= 15 is 0 Å². The van der Waals surface area contributed by atoms with Gasteiger partial charge < -0.3 is 14.8 Å². The fourth-order valence-corrected chi connectivity index (χ4v) is 2.21. The maximum atomic E-state index is 11.6. The summed E-state index contributed by atoms with van der Waals surface area (Å²) in [6.45, 7) is 0.985. The van der Waals surface area contributed by atoms with E-state index in [4.69, 9.17) is 9.47 Å². The smallest absolute Gasteiger partial charge is 0.407 e. The number of nitrogens with one attached hydrogen (secondary N) is 1. The Balaban J connectivity index is 1.35. The molecule has 2 aromatic carbocycles. The molecule has 1 aromatic heterocycles. The first kappa shape index (κ1) is 16.6. The molecule has 0 aliphatic heterocycles. The summed E-state index contributed by atoms with van der Waals surface area (Å²) in [5.74, 6) is 0.732. The summed E-state index contributed by atoms with van der Waals surface area (Å²) in [4.78, 5) is 11.6. The van der Waals surface area contributed by atoms with Crippen LogP contribution in [-0.2, 0) is 11.3 Å². The molecule has 0 saturated heterocycles. The quantitative estimate of drug-likeness (QED) is 0.673. The van der Waals surface area contributed by atoms with Crippen molar-refractivity contribution >= 4 is 6.09 Å². The van der Waals surface area contributed by atoms with Crippen LogP contribution in [0.4, 0.5) is 4.79 Å². The van der Waals surface area contributed by atoms with Crippen molar-refractivity contribution in [3.63, 3.8) is 0 Å². The zero-order valence-electron chi connectivity index (χ0n) is 13.7. The summed E-state index contributed by atoms with van der Waals surface area (Å²) in [6, 6.07) is 19.0. The van der Waals surface area contributed by atoms with E-state index in [-0.39, 0.29) is 6.61 Å². The molecule has 1 amide bonds. The third-order valence-electron chi connectivity index (χ3n) is 3.46. The van der Waals surface area contributed by atoms with Crippen LogP contribution in [0.3, 0.4) is 0 Å². The number of carbonyl (C=O) groups excluding carboxylic acids is 1. The second kappa shape index (κ2) is 8.54. The van der Waals surface area contributed by atoms with Crippen LogP contribution in [0.2, 0.25) is 0 Å². The third kappa shape index (κ3) is 5.10. The maximum absolute atomic E-state index is 11.6. The monoisotopic (exact) mass is 337 g/mol. The minimum absolute atomic E-state index is 0.252. The van der Waals surface area contributed by atoms with Crippen molar-refractivity contribution in [3.8, 4) is 11.4 Å². The largest absolute Gasteiger partial charge is 0.492 e. The molecule has 1 heterocycles. The minimum Gasteiger partial charge on any atom is -0.492 e. The number of ether oxygens (including phenoxy) is 2. The fourth-order valence-electron chi connectivity index (χ4n) is 2.21. The zero-order valence-corrected chi connectivity index (χ0v) is 13.7. The lowest BCUT2D eigenvalue weighted by molar-refractivity contribution is 0.137. The molecule has 1 N–H and O–H groups in total. The van der Waals surface area contributed by atoms with Gasteiger partial charge in [0, 0.05) is 12.4 Å². The molecule has 0 saturated carbocycles. The molecule has 6 nitrogen and oxygen atoms in total. The van der Waals surface area contributed by atoms with E-state index in [0.717, 1.165) is 17.0 Å². The minimum atomic E-state index is -0.457. The lowest BCUT2D eigenvalue weighted by Crippen LogP contribution is -2.28. The highest BCUT2D eigenvalue weighted by Crippen LogP contribution is 2.14. The lowest BCUT2D eigenvalue weighted by Gasteiger charge is -2.09. The molecule has 128 valence electrons. The third-order valence-corrected chi connectivity index (χ3v) is 3.46. The Labute approximate surface area is 146 Å². The van der Waals surface area contributed by atoms with E-state index in [1.165, 1.54) is 0 Å². The van der Waals surface area contributed by atoms with Crippen LogP contribution in [0.25, 0.3) is 5.69 Å². The summed E-state index contributed by atoms with van der Waals surface area (Å²) in [6.07, 6.45) is 3.15. The normalized spacial score (nSPS) is 10.2. The van der Waals surface area contributed by atoms with Crippen LogP contribution >= 0.6 is 0 Å². The molecular weight excluding hydrogens is 318 g/mol. The van der Waals surface area contributed by atoms with Gasteiger partial charge in [-0.15, -0.1) is 0 Å². The van der Waals surface area contributed by atoms with Gasteiger partial charge in [0.05, 0.1) is 12.2 Å². The lowest BCUT2D eigenvalue weighted by atomic mass is 10.2. The van der Waals surface area contributed by atoms with Gasteiger partial charge in [-0.05, 0) is 35.9 Å². The Hall–Kier alpha value is -3.28.